The van der Waals surface area contributed by atoms with Crippen molar-refractivity contribution in [3.63, 3.8) is 0 Å². The number of amides is 1. The molecule has 1 aliphatic heterocycles. The van der Waals surface area contributed by atoms with Crippen LogP contribution in [0, 0.1) is 5.41 Å². The summed E-state index contributed by atoms with van der Waals surface area (Å²) in [4.78, 5) is 24.3. The summed E-state index contributed by atoms with van der Waals surface area (Å²) in [5.41, 5.74) is 0.343. The van der Waals surface area contributed by atoms with E-state index < -0.39 is 0 Å². The average Bonchev–Trinajstić information content (AvgIpc) is 2.51. The molecule has 2 rings (SSSR count). The number of aryl methyl sites for hydroxylation is 1. The summed E-state index contributed by atoms with van der Waals surface area (Å²) in [6, 6.07) is 3.20. The normalized spacial score (nSPS) is 22.0. The van der Waals surface area contributed by atoms with Crippen molar-refractivity contribution in [1.82, 2.24) is 9.88 Å². The second kappa shape index (κ2) is 6.89. The van der Waals surface area contributed by atoms with Crippen molar-refractivity contribution in [2.75, 3.05) is 18.4 Å². The Balaban J connectivity index is 2.15. The highest BCUT2D eigenvalue weighted by molar-refractivity contribution is 5.95. The molecular weight excluding hydrogens is 266 g/mol. The van der Waals surface area contributed by atoms with Gasteiger partial charge in [-0.1, -0.05) is 13.8 Å². The molecule has 0 saturated carbocycles. The molecule has 1 amide bonds. The van der Waals surface area contributed by atoms with E-state index in [-0.39, 0.29) is 16.9 Å². The summed E-state index contributed by atoms with van der Waals surface area (Å²) >= 11 is 0. The predicted octanol–water partition coefficient (Wildman–Crippen LogP) is 1.98. The third kappa shape index (κ3) is 3.53. The highest BCUT2D eigenvalue weighted by atomic mass is 16.2. The number of nitrogens with one attached hydrogen (secondary N) is 2. The van der Waals surface area contributed by atoms with Gasteiger partial charge in [0.15, 0.2) is 0 Å². The molecule has 5 nitrogen and oxygen atoms in total. The van der Waals surface area contributed by atoms with Crippen LogP contribution in [0.3, 0.4) is 0 Å². The number of anilines is 1. The Labute approximate surface area is 125 Å². The van der Waals surface area contributed by atoms with E-state index in [0.29, 0.717) is 12.2 Å². The minimum Gasteiger partial charge on any atom is -0.324 e. The molecule has 2 N–H and O–H groups in total. The lowest BCUT2D eigenvalue weighted by molar-refractivity contribution is -0.126. The second-order valence-corrected chi connectivity index (χ2v) is 5.82. The topological polar surface area (TPSA) is 63.1 Å². The van der Waals surface area contributed by atoms with Gasteiger partial charge in [0.2, 0.25) is 5.91 Å². The monoisotopic (exact) mass is 291 g/mol. The van der Waals surface area contributed by atoms with Crippen molar-refractivity contribution >= 4 is 11.6 Å². The van der Waals surface area contributed by atoms with Gasteiger partial charge >= 0.3 is 0 Å². The van der Waals surface area contributed by atoms with Crippen LogP contribution in [-0.2, 0) is 11.3 Å². The Kier molecular flexibility index (Phi) is 5.17. The molecule has 0 aromatic carbocycles. The van der Waals surface area contributed by atoms with Gasteiger partial charge in [-0.25, -0.2) is 0 Å². The first kappa shape index (κ1) is 15.8. The Morgan fingerprint density at radius 1 is 1.43 bits per heavy atom. The number of carbonyl (C=O) groups excluding carboxylic acids is 1. The van der Waals surface area contributed by atoms with Gasteiger partial charge in [0.25, 0.3) is 5.56 Å². The minimum absolute atomic E-state index is 0.0283. The van der Waals surface area contributed by atoms with E-state index in [2.05, 4.69) is 17.6 Å². The van der Waals surface area contributed by atoms with Gasteiger partial charge in [-0.2, -0.15) is 0 Å². The summed E-state index contributed by atoms with van der Waals surface area (Å²) in [5, 5.41) is 6.31. The maximum Gasteiger partial charge on any atom is 0.250 e. The molecule has 21 heavy (non-hydrogen) atoms. The number of hydrogen-bond acceptors (Lipinski definition) is 3. The van der Waals surface area contributed by atoms with Crippen molar-refractivity contribution in [2.45, 2.75) is 46.1 Å². The number of aromatic nitrogens is 1. The quantitative estimate of drug-likeness (QED) is 0.872. The predicted molar refractivity (Wildman–Crippen MR) is 84.5 cm³/mol. The van der Waals surface area contributed by atoms with Crippen molar-refractivity contribution in [3.8, 4) is 0 Å². The first-order chi connectivity index (χ1) is 10.1. The molecule has 0 bridgehead atoms. The van der Waals surface area contributed by atoms with Gasteiger partial charge < -0.3 is 15.2 Å². The number of nitrogens with zero attached hydrogens (tertiary/aromatic N) is 1. The Morgan fingerprint density at radius 3 is 2.86 bits per heavy atom. The number of pyridine rings is 1. The fourth-order valence-electron chi connectivity index (χ4n) is 2.91. The van der Waals surface area contributed by atoms with Crippen LogP contribution >= 0.6 is 0 Å². The fourth-order valence-corrected chi connectivity index (χ4v) is 2.91. The maximum absolute atomic E-state index is 12.6. The van der Waals surface area contributed by atoms with Gasteiger partial charge in [0, 0.05) is 25.4 Å². The lowest BCUT2D eigenvalue weighted by Gasteiger charge is -2.35. The van der Waals surface area contributed by atoms with Crippen LogP contribution in [0.25, 0.3) is 0 Å². The molecule has 1 atom stereocenters. The van der Waals surface area contributed by atoms with Crippen LogP contribution in [0.1, 0.15) is 39.5 Å². The van der Waals surface area contributed by atoms with E-state index >= 15 is 0 Å². The zero-order chi connectivity index (χ0) is 15.3. The molecule has 0 spiro atoms. The number of piperidine rings is 1. The van der Waals surface area contributed by atoms with E-state index in [0.717, 1.165) is 38.8 Å². The first-order valence-corrected chi connectivity index (χ1v) is 7.84. The molecular formula is C16H25N3O2. The number of rotatable bonds is 5. The second-order valence-electron chi connectivity index (χ2n) is 5.82. The van der Waals surface area contributed by atoms with Gasteiger partial charge in [-0.15, -0.1) is 0 Å². The lowest BCUT2D eigenvalue weighted by Crippen LogP contribution is -2.47. The number of carbonyl (C=O) groups is 1. The van der Waals surface area contributed by atoms with Gasteiger partial charge in [-0.3, -0.25) is 9.59 Å². The van der Waals surface area contributed by atoms with Gasteiger partial charge in [0.1, 0.15) is 0 Å². The van der Waals surface area contributed by atoms with E-state index in [9.17, 15) is 9.59 Å². The molecule has 116 valence electrons. The van der Waals surface area contributed by atoms with E-state index in [1.807, 2.05) is 6.92 Å². The zero-order valence-corrected chi connectivity index (χ0v) is 12.9. The van der Waals surface area contributed by atoms with Crippen molar-refractivity contribution in [3.05, 3.63) is 28.7 Å². The molecule has 1 saturated heterocycles. The van der Waals surface area contributed by atoms with Crippen molar-refractivity contribution in [1.29, 1.82) is 0 Å². The Hall–Kier alpha value is -1.62. The summed E-state index contributed by atoms with van der Waals surface area (Å²) in [6.45, 7) is 6.46. The van der Waals surface area contributed by atoms with E-state index in [1.165, 1.54) is 6.07 Å². The largest absolute Gasteiger partial charge is 0.324 e. The van der Waals surface area contributed by atoms with Crippen molar-refractivity contribution < 1.29 is 4.79 Å². The first-order valence-electron chi connectivity index (χ1n) is 7.84. The Morgan fingerprint density at radius 2 is 2.24 bits per heavy atom. The van der Waals surface area contributed by atoms with Crippen LogP contribution < -0.4 is 16.2 Å². The molecule has 1 fully saturated rings. The molecule has 5 heteroatoms. The SMILES string of the molecule is CCCn1cc(NC(=O)C2(CC)CCCNC2)ccc1=O. The van der Waals surface area contributed by atoms with Crippen LogP contribution in [0.2, 0.25) is 0 Å². The Bertz CT molecular complexity index is 545. The molecule has 1 aliphatic rings. The van der Waals surface area contributed by atoms with Crippen LogP contribution in [-0.4, -0.2) is 23.6 Å². The zero-order valence-electron chi connectivity index (χ0n) is 12.9. The molecule has 1 unspecified atom stereocenters. The molecule has 2 heterocycles. The average molecular weight is 291 g/mol. The summed E-state index contributed by atoms with van der Waals surface area (Å²) in [5.74, 6) is 0.0545. The van der Waals surface area contributed by atoms with Crippen LogP contribution in [0.15, 0.2) is 23.1 Å². The van der Waals surface area contributed by atoms with Crippen LogP contribution in [0.4, 0.5) is 5.69 Å². The molecule has 0 radical (unpaired) electrons. The molecule has 0 aliphatic carbocycles. The molecule has 1 aromatic heterocycles. The smallest absolute Gasteiger partial charge is 0.250 e. The third-order valence-corrected chi connectivity index (χ3v) is 4.34. The highest BCUT2D eigenvalue weighted by Gasteiger charge is 2.37. The fraction of sp³-hybridized carbons (Fsp3) is 0.625. The molecule has 1 aromatic rings. The van der Waals surface area contributed by atoms with Crippen LogP contribution in [0.5, 0.6) is 0 Å². The van der Waals surface area contributed by atoms with Crippen molar-refractivity contribution in [2.24, 2.45) is 5.41 Å². The summed E-state index contributed by atoms with van der Waals surface area (Å²) in [7, 11) is 0. The maximum atomic E-state index is 12.6. The third-order valence-electron chi connectivity index (χ3n) is 4.34. The van der Waals surface area contributed by atoms with Gasteiger partial charge in [0.05, 0.1) is 11.1 Å². The standard InChI is InChI=1S/C16H25N3O2/c1-3-10-19-11-13(6-7-14(19)20)18-15(21)16(4-2)8-5-9-17-12-16/h6-7,11,17H,3-5,8-10,12H2,1-2H3,(H,18,21). The minimum atomic E-state index is -0.329. The summed E-state index contributed by atoms with van der Waals surface area (Å²) in [6.07, 6.45) is 5.39. The van der Waals surface area contributed by atoms with E-state index in [4.69, 9.17) is 0 Å². The summed E-state index contributed by atoms with van der Waals surface area (Å²) < 4.78 is 1.65. The van der Waals surface area contributed by atoms with E-state index in [1.54, 1.807) is 16.8 Å². The van der Waals surface area contributed by atoms with Gasteiger partial charge in [-0.05, 0) is 38.3 Å². The highest BCUT2D eigenvalue weighted by Crippen LogP contribution is 2.31. The lowest BCUT2D eigenvalue weighted by atomic mass is 9.77. The number of hydrogen-bond donors (Lipinski definition) is 2.